The fourth-order valence-electron chi connectivity index (χ4n) is 9.33. The van der Waals surface area contributed by atoms with Gasteiger partial charge in [0.1, 0.15) is 0 Å². The van der Waals surface area contributed by atoms with Crippen LogP contribution in [0, 0.1) is 0 Å². The van der Waals surface area contributed by atoms with Crippen molar-refractivity contribution in [2.24, 2.45) is 0 Å². The zero-order chi connectivity index (χ0) is 43.5. The highest BCUT2D eigenvalue weighted by molar-refractivity contribution is 6.11. The Labute approximate surface area is 381 Å². The maximum absolute atomic E-state index is 2.44. The lowest BCUT2D eigenvalue weighted by Gasteiger charge is -2.26. The van der Waals surface area contributed by atoms with Crippen molar-refractivity contribution in [3.05, 3.63) is 255 Å². The summed E-state index contributed by atoms with van der Waals surface area (Å²) in [5, 5.41) is 2.43. The van der Waals surface area contributed by atoms with E-state index in [1.165, 1.54) is 66.3 Å². The van der Waals surface area contributed by atoms with E-state index in [0.29, 0.717) is 0 Å². The molecule has 0 bridgehead atoms. The first-order valence-electron chi connectivity index (χ1n) is 22.5. The van der Waals surface area contributed by atoms with Crippen molar-refractivity contribution in [2.75, 3.05) is 9.80 Å². The molecular weight excluding hydrogens is 787 g/mol. The maximum atomic E-state index is 2.44. The van der Waals surface area contributed by atoms with E-state index in [-0.39, 0.29) is 0 Å². The number of aryl methyl sites for hydroxylation is 1. The number of aromatic nitrogens is 1. The molecule has 0 saturated carbocycles. The van der Waals surface area contributed by atoms with Gasteiger partial charge in [-0.2, -0.15) is 0 Å². The summed E-state index contributed by atoms with van der Waals surface area (Å²) in [6.07, 6.45) is 0. The van der Waals surface area contributed by atoms with Crippen molar-refractivity contribution < 1.29 is 0 Å². The Balaban J connectivity index is 1.05. The van der Waals surface area contributed by atoms with Gasteiger partial charge in [0.2, 0.25) is 0 Å². The van der Waals surface area contributed by atoms with E-state index in [0.717, 1.165) is 40.7 Å². The van der Waals surface area contributed by atoms with E-state index in [9.17, 15) is 0 Å². The molecule has 0 amide bonds. The van der Waals surface area contributed by atoms with E-state index < -0.39 is 0 Å². The number of rotatable bonds is 11. The number of fused-ring (bicyclic) bond motifs is 3. The van der Waals surface area contributed by atoms with Gasteiger partial charge in [0.15, 0.2) is 0 Å². The summed E-state index contributed by atoms with van der Waals surface area (Å²) in [5.74, 6) is 0. The summed E-state index contributed by atoms with van der Waals surface area (Å²) >= 11 is 0. The topological polar surface area (TPSA) is 11.4 Å². The van der Waals surface area contributed by atoms with Gasteiger partial charge >= 0.3 is 0 Å². The van der Waals surface area contributed by atoms with Crippen molar-refractivity contribution in [1.29, 1.82) is 0 Å². The Morgan fingerprint density at radius 2 is 0.492 bits per heavy atom. The summed E-state index contributed by atoms with van der Waals surface area (Å²) in [6.45, 7) is 3.10. The van der Waals surface area contributed by atoms with Gasteiger partial charge in [-0.25, -0.2) is 0 Å². The summed E-state index contributed by atoms with van der Waals surface area (Å²) in [7, 11) is 0. The molecule has 3 nitrogen and oxygen atoms in total. The van der Waals surface area contributed by atoms with Gasteiger partial charge in [0.25, 0.3) is 0 Å². The predicted octanol–water partition coefficient (Wildman–Crippen LogP) is 17.4. The van der Waals surface area contributed by atoms with Crippen LogP contribution >= 0.6 is 0 Å². The second-order valence-electron chi connectivity index (χ2n) is 16.5. The number of hydrogen-bond acceptors (Lipinski definition) is 2. The molecule has 0 unspecified atom stereocenters. The zero-order valence-electron chi connectivity index (χ0n) is 36.3. The average molecular weight is 834 g/mol. The van der Waals surface area contributed by atoms with Crippen LogP contribution in [0.2, 0.25) is 0 Å². The first-order valence-corrected chi connectivity index (χ1v) is 22.5. The largest absolute Gasteiger partial charge is 0.341 e. The van der Waals surface area contributed by atoms with Gasteiger partial charge in [0.05, 0.1) is 0 Å². The van der Waals surface area contributed by atoms with Crippen LogP contribution in [0.5, 0.6) is 0 Å². The number of hydrogen-bond donors (Lipinski definition) is 0. The summed E-state index contributed by atoms with van der Waals surface area (Å²) < 4.78 is 2.44. The van der Waals surface area contributed by atoms with Gasteiger partial charge < -0.3 is 14.4 Å². The SMILES string of the molecule is CCn1c2ccc(N(c3ccc(-c4ccccc4)cc3)c3ccc(-c4ccccc4)cc3)cc2c2cc(N(c3ccc(-c4ccccc4)cc3)c3ccc(-c4ccccc4)cc3)ccc21. The first-order chi connectivity index (χ1) is 32.2. The van der Waals surface area contributed by atoms with Gasteiger partial charge in [0, 0.05) is 62.5 Å². The third-order valence-corrected chi connectivity index (χ3v) is 12.6. The molecule has 0 saturated heterocycles. The van der Waals surface area contributed by atoms with Gasteiger partial charge in [-0.3, -0.25) is 0 Å². The van der Waals surface area contributed by atoms with Gasteiger partial charge in [-0.05, 0) is 136 Å². The van der Waals surface area contributed by atoms with Crippen LogP contribution in [-0.2, 0) is 6.54 Å². The highest BCUT2D eigenvalue weighted by Crippen LogP contribution is 2.43. The standard InChI is InChI=1S/C62H47N3/c1-2-63-61-41-39-57(64(53-31-23-49(24-32-53)45-15-7-3-8-16-45)54-33-25-50(26-34-54)46-17-9-4-10-18-46)43-59(61)60-44-58(40-42-62(60)63)65(55-35-27-51(28-36-55)47-19-11-5-12-20-47)56-37-29-52(30-38-56)48-21-13-6-14-22-48/h3-44H,2H2,1H3. The van der Waals surface area contributed by atoms with Crippen LogP contribution in [0.3, 0.4) is 0 Å². The molecule has 0 aliphatic carbocycles. The van der Waals surface area contributed by atoms with E-state index >= 15 is 0 Å². The monoisotopic (exact) mass is 833 g/mol. The quantitative estimate of drug-likeness (QED) is 0.129. The number of benzene rings is 10. The van der Waals surface area contributed by atoms with Crippen molar-refractivity contribution in [3.8, 4) is 44.5 Å². The summed E-state index contributed by atoms with van der Waals surface area (Å²) in [4.78, 5) is 4.77. The molecule has 11 aromatic rings. The molecule has 0 N–H and O–H groups in total. The van der Waals surface area contributed by atoms with E-state index in [4.69, 9.17) is 0 Å². The van der Waals surface area contributed by atoms with Crippen molar-refractivity contribution >= 4 is 55.9 Å². The molecule has 1 heterocycles. The smallest absolute Gasteiger partial charge is 0.0492 e. The van der Waals surface area contributed by atoms with Crippen LogP contribution in [0.25, 0.3) is 66.3 Å². The fraction of sp³-hybridized carbons (Fsp3) is 0.0323. The molecule has 0 aliphatic heterocycles. The molecule has 0 fully saturated rings. The lowest BCUT2D eigenvalue weighted by molar-refractivity contribution is 0.827. The maximum Gasteiger partial charge on any atom is 0.0492 e. The van der Waals surface area contributed by atoms with Crippen molar-refractivity contribution in [3.63, 3.8) is 0 Å². The van der Waals surface area contributed by atoms with Crippen LogP contribution < -0.4 is 9.80 Å². The summed E-state index contributed by atoms with van der Waals surface area (Å²) in [5.41, 5.74) is 18.6. The molecular formula is C62H47N3. The summed E-state index contributed by atoms with van der Waals surface area (Å²) in [6, 6.07) is 92.2. The van der Waals surface area contributed by atoms with E-state index in [1.54, 1.807) is 0 Å². The fourth-order valence-corrected chi connectivity index (χ4v) is 9.33. The molecule has 1 aromatic heterocycles. The second-order valence-corrected chi connectivity index (χ2v) is 16.5. The number of nitrogens with zero attached hydrogens (tertiary/aromatic N) is 3. The minimum atomic E-state index is 0.857. The molecule has 310 valence electrons. The Morgan fingerprint density at radius 3 is 0.738 bits per heavy atom. The Hall–Kier alpha value is -8.40. The molecule has 0 atom stereocenters. The van der Waals surface area contributed by atoms with Crippen LogP contribution in [-0.4, -0.2) is 4.57 Å². The molecule has 0 aliphatic rings. The van der Waals surface area contributed by atoms with Gasteiger partial charge in [-0.1, -0.05) is 170 Å². The molecule has 0 radical (unpaired) electrons. The predicted molar refractivity (Wildman–Crippen MR) is 276 cm³/mol. The third-order valence-electron chi connectivity index (χ3n) is 12.6. The Kier molecular flexibility index (Phi) is 10.6. The van der Waals surface area contributed by atoms with Gasteiger partial charge in [-0.15, -0.1) is 0 Å². The van der Waals surface area contributed by atoms with Crippen molar-refractivity contribution in [2.45, 2.75) is 13.5 Å². The van der Waals surface area contributed by atoms with Crippen molar-refractivity contribution in [1.82, 2.24) is 4.57 Å². The molecule has 10 aromatic carbocycles. The second kappa shape index (κ2) is 17.4. The van der Waals surface area contributed by atoms with Crippen LogP contribution in [0.1, 0.15) is 6.92 Å². The Bertz CT molecular complexity index is 2950. The minimum Gasteiger partial charge on any atom is -0.341 e. The number of anilines is 6. The van der Waals surface area contributed by atoms with E-state index in [1.807, 2.05) is 0 Å². The van der Waals surface area contributed by atoms with Crippen LogP contribution in [0.15, 0.2) is 255 Å². The zero-order valence-corrected chi connectivity index (χ0v) is 36.3. The Morgan fingerprint density at radius 1 is 0.262 bits per heavy atom. The normalized spacial score (nSPS) is 11.2. The highest BCUT2D eigenvalue weighted by atomic mass is 15.1. The lowest BCUT2D eigenvalue weighted by Crippen LogP contribution is -2.10. The minimum absolute atomic E-state index is 0.857. The molecule has 3 heteroatoms. The lowest BCUT2D eigenvalue weighted by atomic mass is 10.0. The average Bonchev–Trinajstić information content (AvgIpc) is 3.70. The highest BCUT2D eigenvalue weighted by Gasteiger charge is 2.20. The molecule has 11 rings (SSSR count). The van der Waals surface area contributed by atoms with E-state index in [2.05, 4.69) is 276 Å². The molecule has 65 heavy (non-hydrogen) atoms. The first kappa shape index (κ1) is 39.4. The van der Waals surface area contributed by atoms with Crippen LogP contribution in [0.4, 0.5) is 34.1 Å². The molecule has 0 spiro atoms. The third kappa shape index (κ3) is 7.75.